The number of rotatable bonds is 10. The van der Waals surface area contributed by atoms with Gasteiger partial charge >= 0.3 is 0 Å². The summed E-state index contributed by atoms with van der Waals surface area (Å²) in [6, 6.07) is 5.56. The van der Waals surface area contributed by atoms with Gasteiger partial charge in [0.1, 0.15) is 5.82 Å². The third kappa shape index (κ3) is 6.33. The minimum absolute atomic E-state index is 0.390. The third-order valence-electron chi connectivity index (χ3n) is 6.74. The molecule has 2 aliphatic rings. The van der Waals surface area contributed by atoms with Gasteiger partial charge in [0.05, 0.1) is 17.3 Å². The standard InChI is InChI=1S/C25H36ClN5O/c1-17(15-32-3)30-19-4-6-20(7-5-19)31-24-11-22(23(26)14-28-24)18-10-21(13-27-12-18)29-16-25(2)8-9-25/h10-14,17,19-20,29-30H,4-9,15-16H2,1-3H3,(H,28,31)/t17-,19-,20-/m1/s1. The van der Waals surface area contributed by atoms with Gasteiger partial charge in [-0.05, 0) is 63.0 Å². The highest BCUT2D eigenvalue weighted by Gasteiger charge is 2.36. The molecular weight excluding hydrogens is 422 g/mol. The number of pyridine rings is 2. The number of anilines is 2. The second-order valence-corrected chi connectivity index (χ2v) is 10.3. The van der Waals surface area contributed by atoms with Crippen molar-refractivity contribution in [1.29, 1.82) is 0 Å². The van der Waals surface area contributed by atoms with Crippen molar-refractivity contribution in [3.8, 4) is 11.1 Å². The highest BCUT2D eigenvalue weighted by molar-refractivity contribution is 6.33. The van der Waals surface area contributed by atoms with Gasteiger partial charge in [0.25, 0.3) is 0 Å². The van der Waals surface area contributed by atoms with E-state index in [-0.39, 0.29) is 0 Å². The van der Waals surface area contributed by atoms with E-state index in [4.69, 9.17) is 16.3 Å². The fourth-order valence-electron chi connectivity index (χ4n) is 4.44. The van der Waals surface area contributed by atoms with Gasteiger partial charge in [0.15, 0.2) is 0 Å². The minimum atomic E-state index is 0.390. The van der Waals surface area contributed by atoms with Crippen LogP contribution < -0.4 is 16.0 Å². The summed E-state index contributed by atoms with van der Waals surface area (Å²) in [7, 11) is 1.75. The quantitative estimate of drug-likeness (QED) is 0.446. The Morgan fingerprint density at radius 2 is 1.88 bits per heavy atom. The molecule has 2 fully saturated rings. The maximum absolute atomic E-state index is 6.52. The summed E-state index contributed by atoms with van der Waals surface area (Å²) in [5.74, 6) is 0.873. The molecular formula is C25H36ClN5O. The molecule has 0 saturated heterocycles. The summed E-state index contributed by atoms with van der Waals surface area (Å²) in [6.07, 6.45) is 12.6. The number of halogens is 1. The molecule has 0 radical (unpaired) electrons. The van der Waals surface area contributed by atoms with Crippen LogP contribution in [-0.4, -0.2) is 48.4 Å². The second-order valence-electron chi connectivity index (χ2n) is 9.89. The van der Waals surface area contributed by atoms with Crippen molar-refractivity contribution in [2.24, 2.45) is 5.41 Å². The van der Waals surface area contributed by atoms with Gasteiger partial charge in [-0.3, -0.25) is 4.98 Å². The fourth-order valence-corrected chi connectivity index (χ4v) is 4.65. The lowest BCUT2D eigenvalue weighted by atomic mass is 9.90. The zero-order chi connectivity index (χ0) is 22.6. The van der Waals surface area contributed by atoms with E-state index in [1.165, 1.54) is 12.8 Å². The Kier molecular flexibility index (Phi) is 7.54. The van der Waals surface area contributed by atoms with Gasteiger partial charge in [-0.1, -0.05) is 18.5 Å². The number of hydrogen-bond acceptors (Lipinski definition) is 6. The molecule has 1 atom stereocenters. The Hall–Kier alpha value is -1.89. The normalized spacial score (nSPS) is 22.9. The van der Waals surface area contributed by atoms with Crippen molar-refractivity contribution >= 4 is 23.1 Å². The van der Waals surface area contributed by atoms with Gasteiger partial charge in [-0.15, -0.1) is 0 Å². The molecule has 0 bridgehead atoms. The minimum Gasteiger partial charge on any atom is -0.383 e. The summed E-state index contributed by atoms with van der Waals surface area (Å²) in [6.45, 7) is 6.23. The first-order chi connectivity index (χ1) is 15.4. The van der Waals surface area contributed by atoms with Gasteiger partial charge in [0, 0.05) is 61.5 Å². The second kappa shape index (κ2) is 10.4. The largest absolute Gasteiger partial charge is 0.383 e. The maximum atomic E-state index is 6.52. The molecule has 0 unspecified atom stereocenters. The Morgan fingerprint density at radius 3 is 2.59 bits per heavy atom. The van der Waals surface area contributed by atoms with E-state index >= 15 is 0 Å². The van der Waals surface area contributed by atoms with Crippen LogP contribution in [0.2, 0.25) is 5.02 Å². The van der Waals surface area contributed by atoms with Crippen molar-refractivity contribution in [2.45, 2.75) is 70.5 Å². The van der Waals surface area contributed by atoms with Crippen molar-refractivity contribution < 1.29 is 4.74 Å². The van der Waals surface area contributed by atoms with Crippen LogP contribution in [0.3, 0.4) is 0 Å². The number of nitrogens with zero attached hydrogens (tertiary/aromatic N) is 2. The van der Waals surface area contributed by atoms with Crippen LogP contribution in [0.1, 0.15) is 52.4 Å². The average Bonchev–Trinajstić information content (AvgIpc) is 3.53. The van der Waals surface area contributed by atoms with Gasteiger partial charge < -0.3 is 20.7 Å². The molecule has 7 heteroatoms. The topological polar surface area (TPSA) is 71.1 Å². The van der Waals surface area contributed by atoms with E-state index in [2.05, 4.69) is 51.9 Å². The smallest absolute Gasteiger partial charge is 0.126 e. The van der Waals surface area contributed by atoms with E-state index in [0.29, 0.717) is 28.6 Å². The molecule has 0 aromatic carbocycles. The molecule has 32 heavy (non-hydrogen) atoms. The lowest BCUT2D eigenvalue weighted by Gasteiger charge is -2.32. The van der Waals surface area contributed by atoms with Crippen molar-refractivity contribution in [2.75, 3.05) is 30.9 Å². The van der Waals surface area contributed by atoms with E-state index in [0.717, 1.165) is 61.5 Å². The van der Waals surface area contributed by atoms with Crippen LogP contribution in [0.4, 0.5) is 11.5 Å². The highest BCUT2D eigenvalue weighted by Crippen LogP contribution is 2.44. The Balaban J connectivity index is 1.36. The molecule has 3 N–H and O–H groups in total. The van der Waals surface area contributed by atoms with Crippen LogP contribution in [-0.2, 0) is 4.74 Å². The number of hydrogen-bond donors (Lipinski definition) is 3. The van der Waals surface area contributed by atoms with E-state index in [1.807, 2.05) is 12.4 Å². The first kappa shape index (κ1) is 23.3. The number of ether oxygens (including phenoxy) is 1. The van der Waals surface area contributed by atoms with Gasteiger partial charge in [-0.25, -0.2) is 4.98 Å². The molecule has 2 saturated carbocycles. The third-order valence-corrected chi connectivity index (χ3v) is 7.04. The number of nitrogens with one attached hydrogen (secondary N) is 3. The molecule has 0 aliphatic heterocycles. The molecule has 2 aliphatic carbocycles. The Bertz CT molecular complexity index is 896. The lowest BCUT2D eigenvalue weighted by molar-refractivity contribution is 0.161. The Morgan fingerprint density at radius 1 is 1.12 bits per heavy atom. The number of aromatic nitrogens is 2. The monoisotopic (exact) mass is 457 g/mol. The SMILES string of the molecule is COC[C@@H](C)N[C@H]1CC[C@H](Nc2cc(-c3cncc(NCC4(C)CC4)c3)c(Cl)cn2)CC1. The molecule has 0 spiro atoms. The maximum Gasteiger partial charge on any atom is 0.126 e. The van der Waals surface area contributed by atoms with E-state index in [9.17, 15) is 0 Å². The summed E-state index contributed by atoms with van der Waals surface area (Å²) in [5, 5.41) is 11.5. The summed E-state index contributed by atoms with van der Waals surface area (Å²) >= 11 is 6.52. The number of methoxy groups -OCH3 is 1. The summed E-state index contributed by atoms with van der Waals surface area (Å²) in [5.41, 5.74) is 3.44. The lowest BCUT2D eigenvalue weighted by Crippen LogP contribution is -2.42. The molecule has 2 heterocycles. The van der Waals surface area contributed by atoms with Crippen LogP contribution in [0, 0.1) is 5.41 Å². The predicted octanol–water partition coefficient (Wildman–Crippen LogP) is 5.36. The van der Waals surface area contributed by atoms with E-state index in [1.54, 1.807) is 13.3 Å². The predicted molar refractivity (Wildman–Crippen MR) is 132 cm³/mol. The molecule has 2 aromatic heterocycles. The first-order valence-corrected chi connectivity index (χ1v) is 12.2. The summed E-state index contributed by atoms with van der Waals surface area (Å²) < 4.78 is 5.24. The first-order valence-electron chi connectivity index (χ1n) is 11.8. The van der Waals surface area contributed by atoms with E-state index < -0.39 is 0 Å². The van der Waals surface area contributed by atoms with Crippen molar-refractivity contribution in [3.05, 3.63) is 35.7 Å². The van der Waals surface area contributed by atoms with Crippen molar-refractivity contribution in [3.63, 3.8) is 0 Å². The van der Waals surface area contributed by atoms with Gasteiger partial charge in [0.2, 0.25) is 0 Å². The molecule has 0 amide bonds. The Labute approximate surface area is 196 Å². The zero-order valence-corrected chi connectivity index (χ0v) is 20.2. The van der Waals surface area contributed by atoms with Crippen LogP contribution in [0.25, 0.3) is 11.1 Å². The average molecular weight is 458 g/mol. The van der Waals surface area contributed by atoms with Crippen LogP contribution in [0.5, 0.6) is 0 Å². The van der Waals surface area contributed by atoms with Gasteiger partial charge in [-0.2, -0.15) is 0 Å². The molecule has 174 valence electrons. The fraction of sp³-hybridized carbons (Fsp3) is 0.600. The van der Waals surface area contributed by atoms with Crippen LogP contribution >= 0.6 is 11.6 Å². The zero-order valence-electron chi connectivity index (χ0n) is 19.5. The molecule has 2 aromatic rings. The molecule has 4 rings (SSSR count). The van der Waals surface area contributed by atoms with Crippen LogP contribution in [0.15, 0.2) is 30.7 Å². The molecule has 6 nitrogen and oxygen atoms in total. The van der Waals surface area contributed by atoms with Crippen molar-refractivity contribution in [1.82, 2.24) is 15.3 Å². The summed E-state index contributed by atoms with van der Waals surface area (Å²) in [4.78, 5) is 8.97. The highest BCUT2D eigenvalue weighted by atomic mass is 35.5.